The monoisotopic (exact) mass is 192 g/mol. The normalized spacial score (nSPS) is 32.0. The second kappa shape index (κ2) is 3.28. The Morgan fingerprint density at radius 3 is 3.29 bits per heavy atom. The molecule has 3 heterocycles. The van der Waals surface area contributed by atoms with Crippen LogP contribution in [0.5, 0.6) is 0 Å². The summed E-state index contributed by atoms with van der Waals surface area (Å²) in [4.78, 5) is 9.91. The van der Waals surface area contributed by atoms with Gasteiger partial charge in [-0.2, -0.15) is 0 Å². The van der Waals surface area contributed by atoms with Crippen LogP contribution in [0, 0.1) is 0 Å². The van der Waals surface area contributed by atoms with Crippen molar-refractivity contribution in [1.82, 2.24) is 14.9 Å². The zero-order valence-corrected chi connectivity index (χ0v) is 8.24. The Hall–Kier alpha value is -1.03. The molecule has 4 nitrogen and oxygen atoms in total. The van der Waals surface area contributed by atoms with Gasteiger partial charge in [0.2, 0.25) is 0 Å². The van der Waals surface area contributed by atoms with E-state index >= 15 is 0 Å². The van der Waals surface area contributed by atoms with Gasteiger partial charge in [0.15, 0.2) is 5.95 Å². The SMILES string of the molecule is c1c[nH]c(NC2CCN3CCCC23)n1. The first-order valence-electron chi connectivity index (χ1n) is 5.43. The van der Waals surface area contributed by atoms with E-state index in [1.807, 2.05) is 6.20 Å². The van der Waals surface area contributed by atoms with Crippen molar-refractivity contribution < 1.29 is 0 Å². The van der Waals surface area contributed by atoms with Gasteiger partial charge in [-0.15, -0.1) is 0 Å². The minimum Gasteiger partial charge on any atom is -0.351 e. The van der Waals surface area contributed by atoms with Gasteiger partial charge in [-0.25, -0.2) is 4.98 Å². The molecule has 2 fully saturated rings. The molecule has 2 saturated heterocycles. The van der Waals surface area contributed by atoms with Gasteiger partial charge in [0.1, 0.15) is 0 Å². The number of aromatic nitrogens is 2. The van der Waals surface area contributed by atoms with Crippen molar-refractivity contribution in [3.63, 3.8) is 0 Å². The summed E-state index contributed by atoms with van der Waals surface area (Å²) in [5, 5.41) is 3.48. The van der Waals surface area contributed by atoms with Crippen LogP contribution in [0.4, 0.5) is 5.95 Å². The highest BCUT2D eigenvalue weighted by molar-refractivity contribution is 5.27. The molecule has 2 aliphatic heterocycles. The predicted molar refractivity (Wildman–Crippen MR) is 55.2 cm³/mol. The number of nitrogens with zero attached hydrogens (tertiary/aromatic N) is 2. The van der Waals surface area contributed by atoms with Crippen molar-refractivity contribution in [3.8, 4) is 0 Å². The zero-order valence-electron chi connectivity index (χ0n) is 8.24. The van der Waals surface area contributed by atoms with Crippen molar-refractivity contribution in [3.05, 3.63) is 12.4 Å². The van der Waals surface area contributed by atoms with Crippen LogP contribution >= 0.6 is 0 Å². The summed E-state index contributed by atoms with van der Waals surface area (Å²) in [7, 11) is 0. The predicted octanol–water partition coefficient (Wildman–Crippen LogP) is 1.06. The van der Waals surface area contributed by atoms with Crippen molar-refractivity contribution in [1.29, 1.82) is 0 Å². The summed E-state index contributed by atoms with van der Waals surface area (Å²) < 4.78 is 0. The van der Waals surface area contributed by atoms with Crippen LogP contribution < -0.4 is 5.32 Å². The van der Waals surface area contributed by atoms with E-state index in [-0.39, 0.29) is 0 Å². The van der Waals surface area contributed by atoms with Crippen LogP contribution in [-0.2, 0) is 0 Å². The van der Waals surface area contributed by atoms with E-state index in [0.29, 0.717) is 6.04 Å². The Kier molecular flexibility index (Phi) is 1.94. The molecule has 1 aromatic heterocycles. The molecule has 2 aliphatic rings. The van der Waals surface area contributed by atoms with Crippen molar-refractivity contribution >= 4 is 5.95 Å². The number of nitrogens with one attached hydrogen (secondary N) is 2. The highest BCUT2D eigenvalue weighted by atomic mass is 15.3. The lowest BCUT2D eigenvalue weighted by Gasteiger charge is -2.20. The first-order valence-corrected chi connectivity index (χ1v) is 5.43. The zero-order chi connectivity index (χ0) is 9.38. The molecular formula is C10H16N4. The lowest BCUT2D eigenvalue weighted by molar-refractivity contribution is 0.318. The number of H-pyrrole nitrogens is 1. The second-order valence-electron chi connectivity index (χ2n) is 4.22. The average molecular weight is 192 g/mol. The molecule has 0 saturated carbocycles. The smallest absolute Gasteiger partial charge is 0.200 e. The summed E-state index contributed by atoms with van der Waals surface area (Å²) in [6, 6.07) is 1.35. The minimum atomic E-state index is 0.601. The molecule has 0 aromatic carbocycles. The van der Waals surface area contributed by atoms with Crippen LogP contribution in [0.15, 0.2) is 12.4 Å². The fraction of sp³-hybridized carbons (Fsp3) is 0.700. The third-order valence-corrected chi connectivity index (χ3v) is 3.43. The number of fused-ring (bicyclic) bond motifs is 1. The number of rotatable bonds is 2. The number of hydrogen-bond acceptors (Lipinski definition) is 3. The van der Waals surface area contributed by atoms with Crippen molar-refractivity contribution in [2.45, 2.75) is 31.3 Å². The molecular weight excluding hydrogens is 176 g/mol. The topological polar surface area (TPSA) is 44.0 Å². The summed E-state index contributed by atoms with van der Waals surface area (Å²) in [5.74, 6) is 0.920. The lowest BCUT2D eigenvalue weighted by atomic mass is 10.1. The van der Waals surface area contributed by atoms with Gasteiger partial charge in [-0.05, 0) is 25.8 Å². The quantitative estimate of drug-likeness (QED) is 0.736. The molecule has 0 radical (unpaired) electrons. The third kappa shape index (κ3) is 1.30. The Morgan fingerprint density at radius 2 is 2.43 bits per heavy atom. The Bertz CT molecular complexity index is 295. The second-order valence-corrected chi connectivity index (χ2v) is 4.22. The van der Waals surface area contributed by atoms with Gasteiger partial charge in [0.05, 0.1) is 0 Å². The summed E-state index contributed by atoms with van der Waals surface area (Å²) >= 11 is 0. The maximum Gasteiger partial charge on any atom is 0.200 e. The van der Waals surface area contributed by atoms with E-state index < -0.39 is 0 Å². The molecule has 1 aromatic rings. The summed E-state index contributed by atoms with van der Waals surface area (Å²) in [6.45, 7) is 2.55. The van der Waals surface area contributed by atoms with Crippen LogP contribution in [0.1, 0.15) is 19.3 Å². The molecule has 4 heteroatoms. The molecule has 3 rings (SSSR count). The van der Waals surface area contributed by atoms with Crippen LogP contribution in [0.25, 0.3) is 0 Å². The molecule has 2 atom stereocenters. The van der Waals surface area contributed by atoms with E-state index in [1.165, 1.54) is 32.4 Å². The van der Waals surface area contributed by atoms with E-state index in [9.17, 15) is 0 Å². The van der Waals surface area contributed by atoms with Crippen LogP contribution in [0.3, 0.4) is 0 Å². The number of imidazole rings is 1. The van der Waals surface area contributed by atoms with Gasteiger partial charge in [0.25, 0.3) is 0 Å². The molecule has 2 N–H and O–H groups in total. The fourth-order valence-corrected chi connectivity index (χ4v) is 2.77. The molecule has 76 valence electrons. The number of hydrogen-bond donors (Lipinski definition) is 2. The van der Waals surface area contributed by atoms with Gasteiger partial charge in [-0.3, -0.25) is 4.90 Å². The first kappa shape index (κ1) is 8.29. The van der Waals surface area contributed by atoms with Crippen LogP contribution in [0.2, 0.25) is 0 Å². The largest absolute Gasteiger partial charge is 0.351 e. The standard InChI is InChI=1S/C10H16N4/c1-2-9-8(3-7-14(9)6-1)13-10-11-4-5-12-10/h4-5,8-9H,1-3,6-7H2,(H2,11,12,13). The Morgan fingerprint density at radius 1 is 1.43 bits per heavy atom. The third-order valence-electron chi connectivity index (χ3n) is 3.43. The maximum absolute atomic E-state index is 4.21. The van der Waals surface area contributed by atoms with Crippen molar-refractivity contribution in [2.24, 2.45) is 0 Å². The number of anilines is 1. The fourth-order valence-electron chi connectivity index (χ4n) is 2.77. The highest BCUT2D eigenvalue weighted by Gasteiger charge is 2.37. The molecule has 2 unspecified atom stereocenters. The molecule has 14 heavy (non-hydrogen) atoms. The van der Waals surface area contributed by atoms with E-state index in [1.54, 1.807) is 6.20 Å². The average Bonchev–Trinajstić information content (AvgIpc) is 2.85. The molecule has 0 aliphatic carbocycles. The van der Waals surface area contributed by atoms with Gasteiger partial charge < -0.3 is 10.3 Å². The summed E-state index contributed by atoms with van der Waals surface area (Å²) in [6.07, 6.45) is 7.62. The Labute approximate surface area is 83.7 Å². The molecule has 0 spiro atoms. The minimum absolute atomic E-state index is 0.601. The van der Waals surface area contributed by atoms with Crippen molar-refractivity contribution in [2.75, 3.05) is 18.4 Å². The lowest BCUT2D eigenvalue weighted by Crippen LogP contribution is -2.34. The van der Waals surface area contributed by atoms with E-state index in [4.69, 9.17) is 0 Å². The Balaban J connectivity index is 1.68. The maximum atomic E-state index is 4.21. The van der Waals surface area contributed by atoms with Gasteiger partial charge >= 0.3 is 0 Å². The van der Waals surface area contributed by atoms with Gasteiger partial charge in [-0.1, -0.05) is 0 Å². The van der Waals surface area contributed by atoms with Crippen LogP contribution in [-0.4, -0.2) is 40.0 Å². The number of aromatic amines is 1. The van der Waals surface area contributed by atoms with Gasteiger partial charge in [0, 0.05) is 31.0 Å². The highest BCUT2D eigenvalue weighted by Crippen LogP contribution is 2.29. The molecule has 0 amide bonds. The summed E-state index contributed by atoms with van der Waals surface area (Å²) in [5.41, 5.74) is 0. The van der Waals surface area contributed by atoms with E-state index in [2.05, 4.69) is 20.2 Å². The first-order chi connectivity index (χ1) is 6.93. The van der Waals surface area contributed by atoms with E-state index in [0.717, 1.165) is 12.0 Å². The molecule has 0 bridgehead atoms.